The molecule has 2 bridgehead atoms. The summed E-state index contributed by atoms with van der Waals surface area (Å²) >= 11 is 0. The molecule has 0 aliphatic heterocycles. The van der Waals surface area contributed by atoms with Gasteiger partial charge in [0.15, 0.2) is 0 Å². The van der Waals surface area contributed by atoms with Gasteiger partial charge in [-0.3, -0.25) is 9.59 Å². The van der Waals surface area contributed by atoms with E-state index < -0.39 is 23.8 Å². The highest BCUT2D eigenvalue weighted by Gasteiger charge is 2.68. The van der Waals surface area contributed by atoms with Crippen molar-refractivity contribution in [2.45, 2.75) is 12.8 Å². The fraction of sp³-hybridized carbons (Fsp3) is 0.800. The van der Waals surface area contributed by atoms with Gasteiger partial charge in [-0.25, -0.2) is 0 Å². The summed E-state index contributed by atoms with van der Waals surface area (Å²) in [6.45, 7) is 0. The lowest BCUT2D eigenvalue weighted by molar-refractivity contribution is -0.156. The SMILES string of the molecule is O=C(O)C1C2CC(C3CC32)C1C(=O)O. The van der Waals surface area contributed by atoms with E-state index in [2.05, 4.69) is 0 Å². The number of carboxylic acid groups (broad SMARTS) is 2. The fourth-order valence-corrected chi connectivity index (χ4v) is 3.92. The van der Waals surface area contributed by atoms with Crippen molar-refractivity contribution in [3.63, 3.8) is 0 Å². The monoisotopic (exact) mass is 196 g/mol. The summed E-state index contributed by atoms with van der Waals surface area (Å²) in [5.41, 5.74) is 0. The van der Waals surface area contributed by atoms with Crippen molar-refractivity contribution in [3.05, 3.63) is 0 Å². The first kappa shape index (κ1) is 8.26. The molecule has 0 radical (unpaired) electrons. The Morgan fingerprint density at radius 1 is 0.786 bits per heavy atom. The zero-order valence-corrected chi connectivity index (χ0v) is 7.59. The van der Waals surface area contributed by atoms with E-state index in [0.29, 0.717) is 11.8 Å². The molecule has 14 heavy (non-hydrogen) atoms. The van der Waals surface area contributed by atoms with Crippen molar-refractivity contribution in [2.75, 3.05) is 0 Å². The van der Waals surface area contributed by atoms with Gasteiger partial charge in [0.05, 0.1) is 11.8 Å². The van der Waals surface area contributed by atoms with Crippen molar-refractivity contribution in [1.29, 1.82) is 0 Å². The Kier molecular flexibility index (Phi) is 1.36. The minimum Gasteiger partial charge on any atom is -0.481 e. The van der Waals surface area contributed by atoms with E-state index in [9.17, 15) is 9.59 Å². The molecule has 4 nitrogen and oxygen atoms in total. The van der Waals surface area contributed by atoms with E-state index in [-0.39, 0.29) is 11.8 Å². The molecule has 6 atom stereocenters. The maximum absolute atomic E-state index is 11.0. The van der Waals surface area contributed by atoms with E-state index in [1.54, 1.807) is 0 Å². The maximum Gasteiger partial charge on any atom is 0.307 e. The van der Waals surface area contributed by atoms with Gasteiger partial charge in [0, 0.05) is 0 Å². The molecule has 3 fully saturated rings. The minimum absolute atomic E-state index is 0.156. The van der Waals surface area contributed by atoms with Gasteiger partial charge in [-0.1, -0.05) is 0 Å². The van der Waals surface area contributed by atoms with Gasteiger partial charge >= 0.3 is 11.9 Å². The second-order valence-corrected chi connectivity index (χ2v) is 4.85. The number of hydrogen-bond donors (Lipinski definition) is 2. The van der Waals surface area contributed by atoms with Crippen LogP contribution in [0.15, 0.2) is 0 Å². The first-order valence-electron chi connectivity index (χ1n) is 5.07. The zero-order valence-electron chi connectivity index (χ0n) is 7.59. The van der Waals surface area contributed by atoms with Crippen LogP contribution in [0, 0.1) is 35.5 Å². The van der Waals surface area contributed by atoms with Crippen LogP contribution in [0.4, 0.5) is 0 Å². The van der Waals surface area contributed by atoms with Crippen LogP contribution in [0.2, 0.25) is 0 Å². The number of carbonyl (C=O) groups is 2. The van der Waals surface area contributed by atoms with Gasteiger partial charge in [0.25, 0.3) is 0 Å². The van der Waals surface area contributed by atoms with E-state index >= 15 is 0 Å². The van der Waals surface area contributed by atoms with E-state index in [0.717, 1.165) is 12.8 Å². The Balaban J connectivity index is 1.95. The number of fused-ring (bicyclic) bond motifs is 5. The molecule has 0 saturated heterocycles. The molecule has 3 aliphatic rings. The lowest BCUT2D eigenvalue weighted by Gasteiger charge is -2.23. The number of carboxylic acids is 2. The second kappa shape index (κ2) is 2.30. The van der Waals surface area contributed by atoms with E-state index in [4.69, 9.17) is 10.2 Å². The molecule has 2 N–H and O–H groups in total. The maximum atomic E-state index is 11.0. The van der Waals surface area contributed by atoms with Crippen molar-refractivity contribution in [2.24, 2.45) is 35.5 Å². The summed E-state index contributed by atoms with van der Waals surface area (Å²) in [6.07, 6.45) is 1.91. The van der Waals surface area contributed by atoms with Crippen molar-refractivity contribution in [3.8, 4) is 0 Å². The van der Waals surface area contributed by atoms with E-state index in [1.165, 1.54) is 0 Å². The van der Waals surface area contributed by atoms with Crippen molar-refractivity contribution >= 4 is 11.9 Å². The molecule has 3 saturated carbocycles. The summed E-state index contributed by atoms with van der Waals surface area (Å²) in [6, 6.07) is 0. The van der Waals surface area contributed by atoms with Crippen LogP contribution in [0.25, 0.3) is 0 Å². The van der Waals surface area contributed by atoms with Crippen LogP contribution < -0.4 is 0 Å². The highest BCUT2D eigenvalue weighted by atomic mass is 16.4. The van der Waals surface area contributed by atoms with Crippen LogP contribution in [0.3, 0.4) is 0 Å². The van der Waals surface area contributed by atoms with E-state index in [1.807, 2.05) is 0 Å². The summed E-state index contributed by atoms with van der Waals surface area (Å²) in [4.78, 5) is 22.0. The minimum atomic E-state index is -0.907. The Labute approximate surface area is 80.9 Å². The highest BCUT2D eigenvalue weighted by molar-refractivity contribution is 5.82. The molecular formula is C10H12O4. The molecule has 0 amide bonds. The third-order valence-corrected chi connectivity index (χ3v) is 4.42. The van der Waals surface area contributed by atoms with Gasteiger partial charge in [-0.05, 0) is 36.5 Å². The predicted molar refractivity (Wildman–Crippen MR) is 45.4 cm³/mol. The molecule has 0 spiro atoms. The molecule has 4 heteroatoms. The Hall–Kier alpha value is -1.06. The van der Waals surface area contributed by atoms with Gasteiger partial charge in [-0.15, -0.1) is 0 Å². The molecule has 0 heterocycles. The standard InChI is InChI=1S/C10H12O4/c11-9(12)7-5-2-6(4-1-3(4)5)8(7)10(13)14/h3-8H,1-2H2,(H,11,12)(H,13,14). The van der Waals surface area contributed by atoms with Crippen molar-refractivity contribution < 1.29 is 19.8 Å². The van der Waals surface area contributed by atoms with Crippen LogP contribution in [0.5, 0.6) is 0 Å². The number of rotatable bonds is 2. The Bertz CT molecular complexity index is 294. The topological polar surface area (TPSA) is 74.6 Å². The van der Waals surface area contributed by atoms with Crippen LogP contribution in [-0.4, -0.2) is 22.2 Å². The lowest BCUT2D eigenvalue weighted by atomic mass is 9.79. The van der Waals surface area contributed by atoms with Gasteiger partial charge in [-0.2, -0.15) is 0 Å². The van der Waals surface area contributed by atoms with Crippen molar-refractivity contribution in [1.82, 2.24) is 0 Å². The first-order chi connectivity index (χ1) is 6.61. The quantitative estimate of drug-likeness (QED) is 0.680. The van der Waals surface area contributed by atoms with Crippen LogP contribution in [-0.2, 0) is 9.59 Å². The normalized spacial score (nSPS) is 52.9. The molecule has 6 unspecified atom stereocenters. The summed E-state index contributed by atoms with van der Waals surface area (Å²) < 4.78 is 0. The third-order valence-electron chi connectivity index (χ3n) is 4.42. The summed E-state index contributed by atoms with van der Waals surface area (Å²) in [5.74, 6) is -1.64. The molecule has 76 valence electrons. The Morgan fingerprint density at radius 2 is 1.14 bits per heavy atom. The predicted octanol–water partition coefficient (Wildman–Crippen LogP) is 0.674. The number of hydrogen-bond acceptors (Lipinski definition) is 2. The smallest absolute Gasteiger partial charge is 0.307 e. The largest absolute Gasteiger partial charge is 0.481 e. The average Bonchev–Trinajstić information content (AvgIpc) is 2.71. The molecule has 3 aliphatic carbocycles. The molecular weight excluding hydrogens is 184 g/mol. The third kappa shape index (κ3) is 0.792. The second-order valence-electron chi connectivity index (χ2n) is 4.85. The van der Waals surface area contributed by atoms with Gasteiger partial charge < -0.3 is 10.2 Å². The fourth-order valence-electron chi connectivity index (χ4n) is 3.92. The lowest BCUT2D eigenvalue weighted by Crippen LogP contribution is -2.35. The highest BCUT2D eigenvalue weighted by Crippen LogP contribution is 2.69. The van der Waals surface area contributed by atoms with Gasteiger partial charge in [0.2, 0.25) is 0 Å². The summed E-state index contributed by atoms with van der Waals surface area (Å²) in [7, 11) is 0. The Morgan fingerprint density at radius 3 is 1.50 bits per heavy atom. The molecule has 0 aromatic rings. The van der Waals surface area contributed by atoms with Crippen LogP contribution >= 0.6 is 0 Å². The molecule has 0 aromatic carbocycles. The average molecular weight is 196 g/mol. The van der Waals surface area contributed by atoms with Gasteiger partial charge in [0.1, 0.15) is 0 Å². The van der Waals surface area contributed by atoms with Crippen LogP contribution in [0.1, 0.15) is 12.8 Å². The number of aliphatic carboxylic acids is 2. The molecule has 0 aromatic heterocycles. The summed E-state index contributed by atoms with van der Waals surface area (Å²) in [5, 5.41) is 18.1. The zero-order chi connectivity index (χ0) is 10.0. The first-order valence-corrected chi connectivity index (χ1v) is 5.07. The molecule has 3 rings (SSSR count).